The molecule has 0 atom stereocenters. The highest BCUT2D eigenvalue weighted by atomic mass is 16.5. The van der Waals surface area contributed by atoms with Crippen LogP contribution in [0.4, 0.5) is 10.5 Å². The van der Waals surface area contributed by atoms with Crippen molar-refractivity contribution in [2.45, 2.75) is 6.42 Å². The quantitative estimate of drug-likeness (QED) is 0.687. The molecule has 2 aliphatic rings. The van der Waals surface area contributed by atoms with E-state index in [0.29, 0.717) is 31.9 Å². The van der Waals surface area contributed by atoms with E-state index in [2.05, 4.69) is 29.2 Å². The Morgan fingerprint density at radius 2 is 1.61 bits per heavy atom. The number of methoxy groups -OCH3 is 1. The predicted octanol–water partition coefficient (Wildman–Crippen LogP) is 2.32. The number of nitrogens with zero attached hydrogens (tertiary/aromatic N) is 4. The summed E-state index contributed by atoms with van der Waals surface area (Å²) in [5.74, 6) is 0.689. The normalized spacial score (nSPS) is 17.3. The van der Waals surface area contributed by atoms with Crippen LogP contribution in [0.25, 0.3) is 0 Å². The Morgan fingerprint density at radius 1 is 0.903 bits per heavy atom. The molecule has 2 aromatic rings. The van der Waals surface area contributed by atoms with Crippen molar-refractivity contribution < 1.29 is 14.3 Å². The highest BCUT2D eigenvalue weighted by Gasteiger charge is 2.33. The zero-order chi connectivity index (χ0) is 21.6. The van der Waals surface area contributed by atoms with Gasteiger partial charge in [-0.25, -0.2) is 4.79 Å². The van der Waals surface area contributed by atoms with E-state index in [-0.39, 0.29) is 18.5 Å². The van der Waals surface area contributed by atoms with Gasteiger partial charge in [0.25, 0.3) is 0 Å². The van der Waals surface area contributed by atoms with E-state index in [1.165, 1.54) is 5.56 Å². The Bertz CT molecular complexity index is 897. The zero-order valence-corrected chi connectivity index (χ0v) is 18.1. The second-order valence-electron chi connectivity index (χ2n) is 7.99. The summed E-state index contributed by atoms with van der Waals surface area (Å²) < 4.78 is 5.38. The van der Waals surface area contributed by atoms with Gasteiger partial charge in [-0.15, -0.1) is 0 Å². The number of urea groups is 1. The molecule has 0 aromatic heterocycles. The van der Waals surface area contributed by atoms with Gasteiger partial charge < -0.3 is 14.5 Å². The number of benzene rings is 2. The fraction of sp³-hybridized carbons (Fsp3) is 0.417. The monoisotopic (exact) mass is 422 g/mol. The van der Waals surface area contributed by atoms with Crippen LogP contribution in [0.5, 0.6) is 5.75 Å². The van der Waals surface area contributed by atoms with E-state index in [0.717, 1.165) is 31.7 Å². The van der Waals surface area contributed by atoms with Crippen molar-refractivity contribution >= 4 is 17.6 Å². The number of hydrogen-bond donors (Lipinski definition) is 0. The second kappa shape index (κ2) is 9.83. The van der Waals surface area contributed by atoms with Crippen molar-refractivity contribution in [3.63, 3.8) is 0 Å². The van der Waals surface area contributed by atoms with Crippen LogP contribution in [0.1, 0.15) is 5.56 Å². The van der Waals surface area contributed by atoms with Gasteiger partial charge in [0.15, 0.2) is 0 Å². The van der Waals surface area contributed by atoms with E-state index < -0.39 is 0 Å². The molecule has 2 aromatic carbocycles. The zero-order valence-electron chi connectivity index (χ0n) is 18.1. The first-order valence-electron chi connectivity index (χ1n) is 10.9. The third kappa shape index (κ3) is 4.99. The van der Waals surface area contributed by atoms with E-state index in [1.807, 2.05) is 35.2 Å². The Balaban J connectivity index is 1.25. The fourth-order valence-corrected chi connectivity index (χ4v) is 4.22. The number of carbonyl (C=O) groups is 2. The minimum absolute atomic E-state index is 0.0259. The molecule has 0 bridgehead atoms. The van der Waals surface area contributed by atoms with Crippen LogP contribution in [-0.2, 0) is 11.2 Å². The summed E-state index contributed by atoms with van der Waals surface area (Å²) in [5, 5.41) is 0. The molecule has 31 heavy (non-hydrogen) atoms. The molecule has 2 fully saturated rings. The van der Waals surface area contributed by atoms with Crippen LogP contribution < -0.4 is 9.64 Å². The molecule has 164 valence electrons. The maximum absolute atomic E-state index is 12.9. The first-order chi connectivity index (χ1) is 15.2. The van der Waals surface area contributed by atoms with Crippen LogP contribution in [0, 0.1) is 0 Å². The van der Waals surface area contributed by atoms with Crippen molar-refractivity contribution in [1.82, 2.24) is 14.7 Å². The molecule has 7 heteroatoms. The van der Waals surface area contributed by atoms with E-state index in [1.54, 1.807) is 16.9 Å². The highest BCUT2D eigenvalue weighted by molar-refractivity contribution is 5.97. The maximum atomic E-state index is 12.9. The van der Waals surface area contributed by atoms with Crippen molar-refractivity contribution in [1.29, 1.82) is 0 Å². The minimum Gasteiger partial charge on any atom is -0.495 e. The molecule has 2 heterocycles. The summed E-state index contributed by atoms with van der Waals surface area (Å²) in [6, 6.07) is 17.8. The largest absolute Gasteiger partial charge is 0.495 e. The molecule has 0 radical (unpaired) electrons. The molecule has 2 aliphatic heterocycles. The Labute approximate surface area is 183 Å². The topological polar surface area (TPSA) is 56.3 Å². The number of carbonyl (C=O) groups excluding carboxylic acids is 2. The van der Waals surface area contributed by atoms with Crippen LogP contribution in [-0.4, -0.2) is 86.1 Å². The molecule has 0 unspecified atom stereocenters. The molecule has 7 nitrogen and oxygen atoms in total. The predicted molar refractivity (Wildman–Crippen MR) is 120 cm³/mol. The molecule has 0 aliphatic carbocycles. The van der Waals surface area contributed by atoms with Gasteiger partial charge in [-0.1, -0.05) is 42.5 Å². The average Bonchev–Trinajstić information content (AvgIpc) is 3.18. The molecule has 3 amide bonds. The number of rotatable bonds is 7. The van der Waals surface area contributed by atoms with E-state index in [4.69, 9.17) is 4.74 Å². The van der Waals surface area contributed by atoms with Crippen LogP contribution in [0.2, 0.25) is 0 Å². The molecule has 2 saturated heterocycles. The number of ether oxygens (including phenoxy) is 1. The van der Waals surface area contributed by atoms with Crippen LogP contribution in [0.3, 0.4) is 0 Å². The van der Waals surface area contributed by atoms with E-state index >= 15 is 0 Å². The smallest absolute Gasteiger partial charge is 0.325 e. The van der Waals surface area contributed by atoms with Gasteiger partial charge in [0.1, 0.15) is 12.3 Å². The van der Waals surface area contributed by atoms with Crippen LogP contribution >= 0.6 is 0 Å². The Kier molecular flexibility index (Phi) is 6.72. The standard InChI is InChI=1S/C24H30N4O3/c1-31-22-10-6-5-9-21(22)28-18-17-27(24(28)30)19-23(29)26-15-13-25(14-16-26)12-11-20-7-3-2-4-8-20/h2-10H,11-19H2,1H3. The number of piperazine rings is 1. The number of para-hydroxylation sites is 2. The fourth-order valence-electron chi connectivity index (χ4n) is 4.22. The van der Waals surface area contributed by atoms with Gasteiger partial charge in [-0.2, -0.15) is 0 Å². The number of anilines is 1. The lowest BCUT2D eigenvalue weighted by atomic mass is 10.1. The second-order valence-corrected chi connectivity index (χ2v) is 7.99. The van der Waals surface area contributed by atoms with E-state index in [9.17, 15) is 9.59 Å². The Hall–Kier alpha value is -3.06. The first kappa shape index (κ1) is 21.2. The lowest BCUT2D eigenvalue weighted by Crippen LogP contribution is -2.51. The van der Waals surface area contributed by atoms with Crippen molar-refractivity contribution in [3.05, 3.63) is 60.2 Å². The highest BCUT2D eigenvalue weighted by Crippen LogP contribution is 2.30. The van der Waals surface area contributed by atoms with Gasteiger partial charge in [-0.05, 0) is 24.1 Å². The van der Waals surface area contributed by atoms with Gasteiger partial charge >= 0.3 is 6.03 Å². The molecular weight excluding hydrogens is 392 g/mol. The Morgan fingerprint density at radius 3 is 2.35 bits per heavy atom. The summed E-state index contributed by atoms with van der Waals surface area (Å²) in [6.45, 7) is 5.41. The lowest BCUT2D eigenvalue weighted by Gasteiger charge is -2.35. The summed E-state index contributed by atoms with van der Waals surface area (Å²) in [7, 11) is 1.60. The molecule has 0 spiro atoms. The molecule has 0 N–H and O–H groups in total. The summed E-state index contributed by atoms with van der Waals surface area (Å²) in [6.07, 6.45) is 1.02. The van der Waals surface area contributed by atoms with Gasteiger partial charge in [0.05, 0.1) is 12.8 Å². The molecule has 4 rings (SSSR count). The van der Waals surface area contributed by atoms with Crippen molar-refractivity contribution in [3.8, 4) is 5.75 Å². The SMILES string of the molecule is COc1ccccc1N1CCN(CC(=O)N2CCN(CCc3ccccc3)CC2)C1=O. The lowest BCUT2D eigenvalue weighted by molar-refractivity contribution is -0.133. The first-order valence-corrected chi connectivity index (χ1v) is 10.9. The van der Waals surface area contributed by atoms with Gasteiger partial charge in [-0.3, -0.25) is 14.6 Å². The number of amides is 3. The van der Waals surface area contributed by atoms with Gasteiger partial charge in [0, 0.05) is 45.8 Å². The third-order valence-corrected chi connectivity index (χ3v) is 6.08. The van der Waals surface area contributed by atoms with Gasteiger partial charge in [0.2, 0.25) is 5.91 Å². The van der Waals surface area contributed by atoms with Crippen molar-refractivity contribution in [2.24, 2.45) is 0 Å². The van der Waals surface area contributed by atoms with Crippen LogP contribution in [0.15, 0.2) is 54.6 Å². The summed E-state index contributed by atoms with van der Waals surface area (Å²) in [4.78, 5) is 33.3. The third-order valence-electron chi connectivity index (χ3n) is 6.08. The summed E-state index contributed by atoms with van der Waals surface area (Å²) in [5.41, 5.74) is 2.09. The minimum atomic E-state index is -0.139. The number of hydrogen-bond acceptors (Lipinski definition) is 4. The molecular formula is C24H30N4O3. The maximum Gasteiger partial charge on any atom is 0.325 e. The average molecular weight is 423 g/mol. The van der Waals surface area contributed by atoms with Crippen molar-refractivity contribution in [2.75, 3.05) is 64.4 Å². The molecule has 0 saturated carbocycles. The summed E-state index contributed by atoms with van der Waals surface area (Å²) >= 11 is 0.